The topological polar surface area (TPSA) is 83.6 Å². The number of hydrogen-bond acceptors (Lipinski definition) is 4. The van der Waals surface area contributed by atoms with Crippen molar-refractivity contribution in [2.45, 2.75) is 44.6 Å². The van der Waals surface area contributed by atoms with E-state index in [4.69, 9.17) is 0 Å². The van der Waals surface area contributed by atoms with Crippen LogP contribution in [0.1, 0.15) is 33.6 Å². The fourth-order valence-corrected chi connectivity index (χ4v) is 4.03. The van der Waals surface area contributed by atoms with Crippen LogP contribution in [0.4, 0.5) is 10.1 Å². The van der Waals surface area contributed by atoms with E-state index in [0.29, 0.717) is 6.42 Å². The summed E-state index contributed by atoms with van der Waals surface area (Å²) in [5, 5.41) is 0. The lowest BCUT2D eigenvalue weighted by Gasteiger charge is -2.24. The van der Waals surface area contributed by atoms with Gasteiger partial charge in [0.1, 0.15) is 5.82 Å². The SMILES string of the molecule is CCC[C@H](C)N(C)S(=O)(=O)c1ccc(NS(=O)(=O)CC)c(F)c1. The summed E-state index contributed by atoms with van der Waals surface area (Å²) in [5.74, 6) is -1.14. The lowest BCUT2D eigenvalue weighted by Crippen LogP contribution is -2.35. The summed E-state index contributed by atoms with van der Waals surface area (Å²) in [6.45, 7) is 5.15. The number of hydrogen-bond donors (Lipinski definition) is 1. The van der Waals surface area contributed by atoms with Crippen LogP contribution in [0.5, 0.6) is 0 Å². The molecule has 0 saturated heterocycles. The molecular formula is C14H23FN2O4S2. The highest BCUT2D eigenvalue weighted by molar-refractivity contribution is 7.92. The molecule has 1 aromatic carbocycles. The van der Waals surface area contributed by atoms with Crippen LogP contribution in [0.2, 0.25) is 0 Å². The van der Waals surface area contributed by atoms with Crippen molar-refractivity contribution in [3.63, 3.8) is 0 Å². The molecule has 9 heteroatoms. The third-order valence-electron chi connectivity index (χ3n) is 3.59. The number of halogens is 1. The first-order valence-corrected chi connectivity index (χ1v) is 10.4. The first-order valence-electron chi connectivity index (χ1n) is 7.33. The Bertz CT molecular complexity index is 748. The summed E-state index contributed by atoms with van der Waals surface area (Å²) in [7, 11) is -6.02. The van der Waals surface area contributed by atoms with E-state index in [-0.39, 0.29) is 22.4 Å². The number of nitrogens with zero attached hydrogens (tertiary/aromatic N) is 1. The number of sulfonamides is 2. The average Bonchev–Trinajstić information content (AvgIpc) is 2.48. The van der Waals surface area contributed by atoms with Crippen molar-refractivity contribution in [3.8, 4) is 0 Å². The lowest BCUT2D eigenvalue weighted by atomic mass is 10.2. The van der Waals surface area contributed by atoms with Crippen LogP contribution in [0.25, 0.3) is 0 Å². The first-order chi connectivity index (χ1) is 10.5. The van der Waals surface area contributed by atoms with Crippen molar-refractivity contribution in [1.29, 1.82) is 0 Å². The van der Waals surface area contributed by atoms with Gasteiger partial charge in [-0.3, -0.25) is 4.72 Å². The van der Waals surface area contributed by atoms with Crippen LogP contribution in [0, 0.1) is 5.82 Å². The van der Waals surface area contributed by atoms with Crippen molar-refractivity contribution in [1.82, 2.24) is 4.31 Å². The molecule has 0 fully saturated rings. The zero-order valence-electron chi connectivity index (χ0n) is 13.7. The molecule has 132 valence electrons. The maximum atomic E-state index is 14.0. The fourth-order valence-electron chi connectivity index (χ4n) is 1.98. The summed E-state index contributed by atoms with van der Waals surface area (Å²) in [6.07, 6.45) is 1.51. The third-order valence-corrected chi connectivity index (χ3v) is 6.85. The zero-order chi connectivity index (χ0) is 17.8. The highest BCUT2D eigenvalue weighted by Crippen LogP contribution is 2.23. The first kappa shape index (κ1) is 19.9. The summed E-state index contributed by atoms with van der Waals surface area (Å²) < 4.78 is 65.2. The van der Waals surface area contributed by atoms with Crippen LogP contribution in [0.3, 0.4) is 0 Å². The Hall–Kier alpha value is -1.19. The molecule has 1 N–H and O–H groups in total. The van der Waals surface area contributed by atoms with Gasteiger partial charge in [-0.2, -0.15) is 4.31 Å². The van der Waals surface area contributed by atoms with Crippen molar-refractivity contribution in [2.75, 3.05) is 17.5 Å². The standard InChI is InChI=1S/C14H23FN2O4S2/c1-5-7-11(3)17(4)23(20,21)12-8-9-14(13(15)10-12)16-22(18,19)6-2/h8-11,16H,5-7H2,1-4H3/t11-/m0/s1. The van der Waals surface area contributed by atoms with Gasteiger partial charge in [0, 0.05) is 13.1 Å². The number of nitrogens with one attached hydrogen (secondary N) is 1. The summed E-state index contributed by atoms with van der Waals surface area (Å²) in [5.41, 5.74) is -0.268. The van der Waals surface area contributed by atoms with Crippen LogP contribution in [0.15, 0.2) is 23.1 Å². The van der Waals surface area contributed by atoms with Gasteiger partial charge < -0.3 is 0 Å². The second-order valence-electron chi connectivity index (χ2n) is 5.31. The summed E-state index contributed by atoms with van der Waals surface area (Å²) in [4.78, 5) is -0.208. The molecule has 0 spiro atoms. The molecule has 0 heterocycles. The molecule has 1 atom stereocenters. The van der Waals surface area contributed by atoms with E-state index in [1.54, 1.807) is 6.92 Å². The molecule has 0 aliphatic carbocycles. The van der Waals surface area contributed by atoms with Crippen LogP contribution in [-0.4, -0.2) is 40.0 Å². The van der Waals surface area contributed by atoms with Crippen LogP contribution < -0.4 is 4.72 Å². The van der Waals surface area contributed by atoms with Crippen LogP contribution >= 0.6 is 0 Å². The van der Waals surface area contributed by atoms with E-state index < -0.39 is 25.9 Å². The average molecular weight is 366 g/mol. The molecule has 0 aliphatic heterocycles. The molecule has 0 aromatic heterocycles. The molecule has 1 rings (SSSR count). The molecule has 23 heavy (non-hydrogen) atoms. The highest BCUT2D eigenvalue weighted by Gasteiger charge is 2.26. The maximum Gasteiger partial charge on any atom is 0.243 e. The normalized spacial score (nSPS) is 14.0. The molecule has 0 unspecified atom stereocenters. The second kappa shape index (κ2) is 7.59. The molecule has 0 aliphatic rings. The Morgan fingerprint density at radius 3 is 2.30 bits per heavy atom. The van der Waals surface area contributed by atoms with Gasteiger partial charge in [0.05, 0.1) is 16.3 Å². The van der Waals surface area contributed by atoms with E-state index in [1.165, 1.54) is 24.3 Å². The smallest absolute Gasteiger partial charge is 0.243 e. The fraction of sp³-hybridized carbons (Fsp3) is 0.571. The van der Waals surface area contributed by atoms with E-state index in [1.807, 2.05) is 6.92 Å². The molecule has 0 amide bonds. The molecular weight excluding hydrogens is 343 g/mol. The summed E-state index contributed by atoms with van der Waals surface area (Å²) >= 11 is 0. The molecule has 0 radical (unpaired) electrons. The summed E-state index contributed by atoms with van der Waals surface area (Å²) in [6, 6.07) is 2.93. The Morgan fingerprint density at radius 2 is 1.83 bits per heavy atom. The van der Waals surface area contributed by atoms with E-state index in [9.17, 15) is 21.2 Å². The molecule has 0 bridgehead atoms. The van der Waals surface area contributed by atoms with E-state index in [0.717, 1.165) is 18.6 Å². The van der Waals surface area contributed by atoms with Gasteiger partial charge in [-0.15, -0.1) is 0 Å². The maximum absolute atomic E-state index is 14.0. The molecule has 1 aromatic rings. The number of rotatable bonds is 8. The van der Waals surface area contributed by atoms with E-state index in [2.05, 4.69) is 4.72 Å². The molecule has 6 nitrogen and oxygen atoms in total. The highest BCUT2D eigenvalue weighted by atomic mass is 32.2. The van der Waals surface area contributed by atoms with E-state index >= 15 is 0 Å². The number of anilines is 1. The van der Waals surface area contributed by atoms with Gasteiger partial charge in [-0.25, -0.2) is 21.2 Å². The Balaban J connectivity index is 3.14. The van der Waals surface area contributed by atoms with Gasteiger partial charge in [-0.1, -0.05) is 13.3 Å². The minimum Gasteiger partial charge on any atom is -0.281 e. The predicted octanol–water partition coefficient (Wildman–Crippen LogP) is 2.40. The van der Waals surface area contributed by atoms with Crippen LogP contribution in [-0.2, 0) is 20.0 Å². The monoisotopic (exact) mass is 366 g/mol. The van der Waals surface area contributed by atoms with Crippen molar-refractivity contribution < 1.29 is 21.2 Å². The largest absolute Gasteiger partial charge is 0.281 e. The zero-order valence-corrected chi connectivity index (χ0v) is 15.3. The van der Waals surface area contributed by atoms with Gasteiger partial charge in [0.15, 0.2) is 0 Å². The minimum atomic E-state index is -3.83. The van der Waals surface area contributed by atoms with Crippen molar-refractivity contribution in [3.05, 3.63) is 24.0 Å². The minimum absolute atomic E-state index is 0.205. The lowest BCUT2D eigenvalue weighted by molar-refractivity contribution is 0.368. The van der Waals surface area contributed by atoms with Gasteiger partial charge >= 0.3 is 0 Å². The molecule has 0 saturated carbocycles. The van der Waals surface area contributed by atoms with Crippen molar-refractivity contribution >= 4 is 25.7 Å². The van der Waals surface area contributed by atoms with Crippen molar-refractivity contribution in [2.24, 2.45) is 0 Å². The second-order valence-corrected chi connectivity index (χ2v) is 9.31. The number of benzene rings is 1. The van der Waals surface area contributed by atoms with Gasteiger partial charge in [0.25, 0.3) is 0 Å². The third kappa shape index (κ3) is 4.89. The Morgan fingerprint density at radius 1 is 1.22 bits per heavy atom. The predicted molar refractivity (Wildman–Crippen MR) is 88.8 cm³/mol. The Labute approximate surface area is 137 Å². The quantitative estimate of drug-likeness (QED) is 0.766. The van der Waals surface area contributed by atoms with Gasteiger partial charge in [-0.05, 0) is 38.5 Å². The Kier molecular flexibility index (Phi) is 6.55. The van der Waals surface area contributed by atoms with Gasteiger partial charge in [0.2, 0.25) is 20.0 Å².